The largest absolute Gasteiger partial charge is 0.312 e. The van der Waals surface area contributed by atoms with Crippen LogP contribution in [0.5, 0.6) is 0 Å². The summed E-state index contributed by atoms with van der Waals surface area (Å²) in [5, 5.41) is 3.25. The van der Waals surface area contributed by atoms with Gasteiger partial charge < -0.3 is 5.32 Å². The molecule has 1 aromatic heterocycles. The van der Waals surface area contributed by atoms with E-state index in [1.807, 2.05) is 27.7 Å². The fourth-order valence-corrected chi connectivity index (χ4v) is 5.42. The van der Waals surface area contributed by atoms with Crippen LogP contribution < -0.4 is 5.32 Å². The summed E-state index contributed by atoms with van der Waals surface area (Å²) in [6.07, 6.45) is 1.67. The Labute approximate surface area is 127 Å². The highest BCUT2D eigenvalue weighted by Gasteiger charge is 2.28. The zero-order chi connectivity index (χ0) is 15.3. The first-order valence-electron chi connectivity index (χ1n) is 7.16. The highest BCUT2D eigenvalue weighted by molar-refractivity contribution is 7.91. The van der Waals surface area contributed by atoms with E-state index < -0.39 is 10.0 Å². The third kappa shape index (κ3) is 3.81. The molecule has 1 aromatic rings. The quantitative estimate of drug-likeness (QED) is 0.801. The molecule has 0 saturated heterocycles. The van der Waals surface area contributed by atoms with Gasteiger partial charge >= 0.3 is 0 Å². The monoisotopic (exact) mass is 318 g/mol. The average molecular weight is 319 g/mol. The molecule has 0 unspecified atom stereocenters. The lowest BCUT2D eigenvalue weighted by Crippen LogP contribution is -2.35. The maximum Gasteiger partial charge on any atom is 0.252 e. The standard InChI is InChI=1S/C14H26N2O2S2/c1-6-12(7-2)16(5)20(17,18)14-9-11(4)13(19-14)10-15-8-3/h9,12,15H,6-8,10H2,1-5H3. The number of sulfonamides is 1. The molecule has 0 atom stereocenters. The van der Waals surface area contributed by atoms with E-state index in [0.717, 1.165) is 36.4 Å². The Morgan fingerprint density at radius 1 is 1.30 bits per heavy atom. The molecule has 20 heavy (non-hydrogen) atoms. The van der Waals surface area contributed by atoms with Crippen LogP contribution in [-0.4, -0.2) is 32.4 Å². The third-order valence-corrected chi connectivity index (χ3v) is 7.22. The van der Waals surface area contributed by atoms with E-state index in [9.17, 15) is 8.42 Å². The van der Waals surface area contributed by atoms with Crippen LogP contribution in [0.15, 0.2) is 10.3 Å². The molecule has 6 heteroatoms. The van der Waals surface area contributed by atoms with Gasteiger partial charge in [-0.15, -0.1) is 11.3 Å². The second-order valence-electron chi connectivity index (χ2n) is 4.94. The fourth-order valence-electron chi connectivity index (χ4n) is 2.17. The molecule has 0 fully saturated rings. The highest BCUT2D eigenvalue weighted by Crippen LogP contribution is 2.29. The van der Waals surface area contributed by atoms with Crippen LogP contribution in [0.2, 0.25) is 0 Å². The number of hydrogen-bond donors (Lipinski definition) is 1. The van der Waals surface area contributed by atoms with Crippen molar-refractivity contribution in [1.82, 2.24) is 9.62 Å². The second-order valence-corrected chi connectivity index (χ2v) is 8.30. The van der Waals surface area contributed by atoms with Gasteiger partial charge in [0.15, 0.2) is 0 Å². The lowest BCUT2D eigenvalue weighted by Gasteiger charge is -2.24. The topological polar surface area (TPSA) is 49.4 Å². The van der Waals surface area contributed by atoms with Crippen molar-refractivity contribution in [3.63, 3.8) is 0 Å². The molecule has 1 N–H and O–H groups in total. The molecule has 1 heterocycles. The maximum atomic E-state index is 12.6. The van der Waals surface area contributed by atoms with Crippen molar-refractivity contribution in [2.45, 2.75) is 57.3 Å². The lowest BCUT2D eigenvalue weighted by atomic mass is 10.2. The normalized spacial score (nSPS) is 12.6. The molecule has 0 radical (unpaired) electrons. The van der Waals surface area contributed by atoms with Crippen LogP contribution in [0.1, 0.15) is 44.1 Å². The molecule has 0 saturated carbocycles. The van der Waals surface area contributed by atoms with Gasteiger partial charge in [-0.1, -0.05) is 20.8 Å². The average Bonchev–Trinajstić information content (AvgIpc) is 2.79. The Morgan fingerprint density at radius 3 is 2.40 bits per heavy atom. The Hall–Kier alpha value is -0.430. The minimum atomic E-state index is -3.37. The van der Waals surface area contributed by atoms with Gasteiger partial charge in [0.05, 0.1) is 0 Å². The van der Waals surface area contributed by atoms with Gasteiger partial charge in [0.1, 0.15) is 4.21 Å². The number of rotatable bonds is 8. The Kier molecular flexibility index (Phi) is 6.64. The molecule has 0 aliphatic rings. The van der Waals surface area contributed by atoms with Crippen LogP contribution in [0, 0.1) is 6.92 Å². The fraction of sp³-hybridized carbons (Fsp3) is 0.714. The lowest BCUT2D eigenvalue weighted by molar-refractivity contribution is 0.350. The molecular weight excluding hydrogens is 292 g/mol. The van der Waals surface area contributed by atoms with Gasteiger partial charge in [-0.05, 0) is 37.9 Å². The van der Waals surface area contributed by atoms with Crippen molar-refractivity contribution in [2.24, 2.45) is 0 Å². The van der Waals surface area contributed by atoms with Crippen molar-refractivity contribution in [1.29, 1.82) is 0 Å². The number of aryl methyl sites for hydroxylation is 1. The molecule has 0 bridgehead atoms. The maximum absolute atomic E-state index is 12.6. The molecule has 0 aromatic carbocycles. The first kappa shape index (κ1) is 17.6. The van der Waals surface area contributed by atoms with Crippen LogP contribution >= 0.6 is 11.3 Å². The van der Waals surface area contributed by atoms with Crippen molar-refractivity contribution in [2.75, 3.05) is 13.6 Å². The van der Waals surface area contributed by atoms with Gasteiger partial charge in [0.2, 0.25) is 0 Å². The van der Waals surface area contributed by atoms with Crippen molar-refractivity contribution in [3.05, 3.63) is 16.5 Å². The van der Waals surface area contributed by atoms with Gasteiger partial charge in [0, 0.05) is 24.5 Å². The number of nitrogens with one attached hydrogen (secondary N) is 1. The molecule has 4 nitrogen and oxygen atoms in total. The number of nitrogens with zero attached hydrogens (tertiary/aromatic N) is 1. The summed E-state index contributed by atoms with van der Waals surface area (Å²) in [5.41, 5.74) is 1.05. The summed E-state index contributed by atoms with van der Waals surface area (Å²) >= 11 is 1.38. The SMILES string of the molecule is CCNCc1sc(S(=O)(=O)N(C)C(CC)CC)cc1C. The van der Waals surface area contributed by atoms with Gasteiger partial charge in [-0.3, -0.25) is 0 Å². The Balaban J connectivity index is 3.03. The molecule has 0 aliphatic carbocycles. The second kappa shape index (κ2) is 7.54. The van der Waals surface area contributed by atoms with E-state index in [4.69, 9.17) is 0 Å². The summed E-state index contributed by atoms with van der Waals surface area (Å²) in [6.45, 7) is 9.68. The van der Waals surface area contributed by atoms with Crippen molar-refractivity contribution in [3.8, 4) is 0 Å². The minimum absolute atomic E-state index is 0.0691. The molecule has 1 rings (SSSR count). The van der Waals surface area contributed by atoms with Gasteiger partial charge in [-0.25, -0.2) is 8.42 Å². The Bertz CT molecular complexity index is 519. The van der Waals surface area contributed by atoms with Crippen LogP contribution in [0.3, 0.4) is 0 Å². The molecule has 0 amide bonds. The van der Waals surface area contributed by atoms with Crippen LogP contribution in [0.4, 0.5) is 0 Å². The molecule has 0 spiro atoms. The van der Waals surface area contributed by atoms with Crippen LogP contribution in [0.25, 0.3) is 0 Å². The zero-order valence-electron chi connectivity index (χ0n) is 13.1. The number of thiophene rings is 1. The molecule has 116 valence electrons. The predicted molar refractivity (Wildman–Crippen MR) is 85.8 cm³/mol. The summed E-state index contributed by atoms with van der Waals surface area (Å²) in [4.78, 5) is 1.10. The van der Waals surface area contributed by atoms with Crippen LogP contribution in [-0.2, 0) is 16.6 Å². The predicted octanol–water partition coefficient (Wildman–Crippen LogP) is 2.98. The molecule has 0 aliphatic heterocycles. The van der Waals surface area contributed by atoms with E-state index in [2.05, 4.69) is 5.32 Å². The first-order valence-corrected chi connectivity index (χ1v) is 9.42. The van der Waals surface area contributed by atoms with E-state index in [0.29, 0.717) is 4.21 Å². The first-order chi connectivity index (χ1) is 9.38. The third-order valence-electron chi connectivity index (χ3n) is 3.62. The minimum Gasteiger partial charge on any atom is -0.312 e. The van der Waals surface area contributed by atoms with Crippen molar-refractivity contribution < 1.29 is 8.42 Å². The highest BCUT2D eigenvalue weighted by atomic mass is 32.2. The van der Waals surface area contributed by atoms with E-state index in [-0.39, 0.29) is 6.04 Å². The smallest absolute Gasteiger partial charge is 0.252 e. The van der Waals surface area contributed by atoms with Gasteiger partial charge in [0.25, 0.3) is 10.0 Å². The summed E-state index contributed by atoms with van der Waals surface area (Å²) in [5.74, 6) is 0. The zero-order valence-corrected chi connectivity index (χ0v) is 14.7. The van der Waals surface area contributed by atoms with E-state index in [1.165, 1.54) is 15.6 Å². The summed E-state index contributed by atoms with van der Waals surface area (Å²) in [6, 6.07) is 1.87. The van der Waals surface area contributed by atoms with E-state index >= 15 is 0 Å². The summed E-state index contributed by atoms with van der Waals surface area (Å²) < 4.78 is 27.3. The van der Waals surface area contributed by atoms with Gasteiger partial charge in [-0.2, -0.15) is 4.31 Å². The Morgan fingerprint density at radius 2 is 1.90 bits per heavy atom. The number of hydrogen-bond acceptors (Lipinski definition) is 4. The summed E-state index contributed by atoms with van der Waals surface area (Å²) in [7, 11) is -1.68. The van der Waals surface area contributed by atoms with Crippen molar-refractivity contribution >= 4 is 21.4 Å². The molecular formula is C14H26N2O2S2. The van der Waals surface area contributed by atoms with E-state index in [1.54, 1.807) is 13.1 Å².